The van der Waals surface area contributed by atoms with E-state index < -0.39 is 0 Å². The topological polar surface area (TPSA) is 64.5 Å². The van der Waals surface area contributed by atoms with E-state index in [1.165, 1.54) is 0 Å². The minimum Gasteiger partial charge on any atom is -0.508 e. The third-order valence-electron chi connectivity index (χ3n) is 2.82. The van der Waals surface area contributed by atoms with Crippen LogP contribution in [0.15, 0.2) is 42.5 Å². The first-order chi connectivity index (χ1) is 9.20. The fourth-order valence-electron chi connectivity index (χ4n) is 1.81. The summed E-state index contributed by atoms with van der Waals surface area (Å²) in [6, 6.07) is 13.3. The molecule has 0 amide bonds. The number of aliphatic hydroxyl groups is 1. The third kappa shape index (κ3) is 3.39. The van der Waals surface area contributed by atoms with Crippen LogP contribution in [0.5, 0.6) is 5.75 Å². The molecule has 0 bridgehead atoms. The van der Waals surface area contributed by atoms with Gasteiger partial charge < -0.3 is 20.8 Å². The van der Waals surface area contributed by atoms with Crippen LogP contribution in [0, 0.1) is 6.92 Å². The van der Waals surface area contributed by atoms with E-state index in [4.69, 9.17) is 5.11 Å². The number of aromatic hydroxyl groups is 1. The van der Waals surface area contributed by atoms with Crippen LogP contribution in [0.1, 0.15) is 5.56 Å². The number of aliphatic hydroxyl groups excluding tert-OH is 1. The Balaban J connectivity index is 2.29. The van der Waals surface area contributed by atoms with Crippen molar-refractivity contribution in [2.75, 3.05) is 23.8 Å². The molecular formula is C15H18N2O2. The fourth-order valence-corrected chi connectivity index (χ4v) is 1.81. The summed E-state index contributed by atoms with van der Waals surface area (Å²) in [5, 5.41) is 25.0. The van der Waals surface area contributed by atoms with Gasteiger partial charge in [0.2, 0.25) is 0 Å². The highest BCUT2D eigenvalue weighted by atomic mass is 16.3. The summed E-state index contributed by atoms with van der Waals surface area (Å²) in [6.45, 7) is 2.33. The molecule has 0 aliphatic carbocycles. The molecule has 100 valence electrons. The molecule has 4 nitrogen and oxygen atoms in total. The monoisotopic (exact) mass is 258 g/mol. The Morgan fingerprint density at radius 3 is 2.47 bits per heavy atom. The summed E-state index contributed by atoms with van der Waals surface area (Å²) in [5.41, 5.74) is 3.41. The van der Waals surface area contributed by atoms with Crippen molar-refractivity contribution in [3.63, 3.8) is 0 Å². The SMILES string of the molecule is Cc1cc(Nc2ccccc2)c(NCCO)cc1O. The quantitative estimate of drug-likeness (QED) is 0.623. The number of nitrogens with one attached hydrogen (secondary N) is 2. The van der Waals surface area contributed by atoms with Crippen molar-refractivity contribution in [2.24, 2.45) is 0 Å². The largest absolute Gasteiger partial charge is 0.508 e. The predicted molar refractivity (Wildman–Crippen MR) is 78.1 cm³/mol. The van der Waals surface area contributed by atoms with Gasteiger partial charge in [-0.25, -0.2) is 0 Å². The summed E-state index contributed by atoms with van der Waals surface area (Å²) < 4.78 is 0. The molecule has 0 aromatic heterocycles. The zero-order chi connectivity index (χ0) is 13.7. The number of rotatable bonds is 5. The zero-order valence-corrected chi connectivity index (χ0v) is 10.9. The van der Waals surface area contributed by atoms with Crippen molar-refractivity contribution < 1.29 is 10.2 Å². The highest BCUT2D eigenvalue weighted by Crippen LogP contribution is 2.32. The Labute approximate surface area is 112 Å². The van der Waals surface area contributed by atoms with Crippen LogP contribution in [-0.4, -0.2) is 23.4 Å². The maximum absolute atomic E-state index is 9.76. The van der Waals surface area contributed by atoms with Gasteiger partial charge in [0.05, 0.1) is 18.0 Å². The number of phenols is 1. The summed E-state index contributed by atoms with van der Waals surface area (Å²) in [4.78, 5) is 0. The van der Waals surface area contributed by atoms with E-state index in [-0.39, 0.29) is 12.4 Å². The number of phenolic OH excluding ortho intramolecular Hbond substituents is 1. The van der Waals surface area contributed by atoms with Crippen LogP contribution in [0.3, 0.4) is 0 Å². The molecule has 0 aliphatic rings. The van der Waals surface area contributed by atoms with Gasteiger partial charge in [-0.3, -0.25) is 0 Å². The standard InChI is InChI=1S/C15H18N2O2/c1-11-9-14(17-12-5-3-2-4-6-12)13(10-15(11)19)16-7-8-18/h2-6,9-10,16-19H,7-8H2,1H3. The van der Waals surface area contributed by atoms with Crippen LogP contribution < -0.4 is 10.6 Å². The lowest BCUT2D eigenvalue weighted by Gasteiger charge is -2.15. The number of hydrogen-bond acceptors (Lipinski definition) is 4. The lowest BCUT2D eigenvalue weighted by atomic mass is 10.1. The highest BCUT2D eigenvalue weighted by molar-refractivity contribution is 5.77. The normalized spacial score (nSPS) is 10.2. The number of anilines is 3. The third-order valence-corrected chi connectivity index (χ3v) is 2.82. The van der Waals surface area contributed by atoms with E-state index in [1.807, 2.05) is 43.3 Å². The van der Waals surface area contributed by atoms with Crippen LogP contribution in [0.2, 0.25) is 0 Å². The summed E-state index contributed by atoms with van der Waals surface area (Å²) in [5.74, 6) is 0.235. The van der Waals surface area contributed by atoms with Crippen molar-refractivity contribution in [3.8, 4) is 5.75 Å². The molecule has 0 atom stereocenters. The van der Waals surface area contributed by atoms with E-state index in [2.05, 4.69) is 10.6 Å². The van der Waals surface area contributed by atoms with Gasteiger partial charge in [0.15, 0.2) is 0 Å². The van der Waals surface area contributed by atoms with E-state index >= 15 is 0 Å². The lowest BCUT2D eigenvalue weighted by molar-refractivity contribution is 0.311. The maximum atomic E-state index is 9.76. The van der Waals surface area contributed by atoms with E-state index in [1.54, 1.807) is 6.07 Å². The molecule has 0 radical (unpaired) electrons. The second-order valence-corrected chi connectivity index (χ2v) is 4.33. The molecule has 0 saturated carbocycles. The fraction of sp³-hybridized carbons (Fsp3) is 0.200. The van der Waals surface area contributed by atoms with Gasteiger partial charge in [-0.15, -0.1) is 0 Å². The first-order valence-electron chi connectivity index (χ1n) is 6.21. The van der Waals surface area contributed by atoms with Gasteiger partial charge >= 0.3 is 0 Å². The van der Waals surface area contributed by atoms with E-state index in [9.17, 15) is 5.11 Å². The molecule has 2 aromatic carbocycles. The van der Waals surface area contributed by atoms with Crippen LogP contribution in [0.4, 0.5) is 17.1 Å². The van der Waals surface area contributed by atoms with Crippen molar-refractivity contribution in [1.82, 2.24) is 0 Å². The number of para-hydroxylation sites is 1. The first kappa shape index (κ1) is 13.2. The molecule has 4 heteroatoms. The summed E-state index contributed by atoms with van der Waals surface area (Å²) in [7, 11) is 0. The molecule has 0 aliphatic heterocycles. The van der Waals surface area contributed by atoms with Gasteiger partial charge in [0, 0.05) is 18.3 Å². The van der Waals surface area contributed by atoms with Gasteiger partial charge in [-0.2, -0.15) is 0 Å². The Bertz CT molecular complexity index is 541. The Morgan fingerprint density at radius 2 is 1.79 bits per heavy atom. The van der Waals surface area contributed by atoms with Crippen LogP contribution in [-0.2, 0) is 0 Å². The smallest absolute Gasteiger partial charge is 0.120 e. The molecule has 0 heterocycles. The van der Waals surface area contributed by atoms with Crippen molar-refractivity contribution in [3.05, 3.63) is 48.0 Å². The van der Waals surface area contributed by atoms with Gasteiger partial charge in [0.1, 0.15) is 5.75 Å². The van der Waals surface area contributed by atoms with Crippen molar-refractivity contribution >= 4 is 17.1 Å². The predicted octanol–water partition coefficient (Wildman–Crippen LogP) is 2.85. The van der Waals surface area contributed by atoms with Gasteiger partial charge in [-0.05, 0) is 30.7 Å². The molecule has 0 spiro atoms. The van der Waals surface area contributed by atoms with Crippen LogP contribution >= 0.6 is 0 Å². The van der Waals surface area contributed by atoms with Gasteiger partial charge in [0.25, 0.3) is 0 Å². The molecule has 2 aromatic rings. The minimum absolute atomic E-state index is 0.0411. The highest BCUT2D eigenvalue weighted by Gasteiger charge is 2.07. The molecule has 2 rings (SSSR count). The summed E-state index contributed by atoms with van der Waals surface area (Å²) >= 11 is 0. The number of hydrogen-bond donors (Lipinski definition) is 4. The molecule has 4 N–H and O–H groups in total. The second kappa shape index (κ2) is 6.11. The Hall–Kier alpha value is -2.20. The second-order valence-electron chi connectivity index (χ2n) is 4.33. The molecule has 19 heavy (non-hydrogen) atoms. The zero-order valence-electron chi connectivity index (χ0n) is 10.9. The first-order valence-corrected chi connectivity index (χ1v) is 6.21. The van der Waals surface area contributed by atoms with Crippen molar-refractivity contribution in [1.29, 1.82) is 0 Å². The molecule has 0 unspecified atom stereocenters. The Morgan fingerprint density at radius 1 is 1.05 bits per heavy atom. The number of benzene rings is 2. The van der Waals surface area contributed by atoms with Crippen molar-refractivity contribution in [2.45, 2.75) is 6.92 Å². The Kier molecular flexibility index (Phi) is 4.26. The lowest BCUT2D eigenvalue weighted by Crippen LogP contribution is -2.07. The molecule has 0 saturated heterocycles. The average molecular weight is 258 g/mol. The molecule has 0 fully saturated rings. The van der Waals surface area contributed by atoms with E-state index in [0.717, 1.165) is 22.6 Å². The number of aryl methyl sites for hydroxylation is 1. The molecular weight excluding hydrogens is 240 g/mol. The minimum atomic E-state index is 0.0411. The van der Waals surface area contributed by atoms with Gasteiger partial charge in [-0.1, -0.05) is 18.2 Å². The van der Waals surface area contributed by atoms with Crippen LogP contribution in [0.25, 0.3) is 0 Å². The summed E-state index contributed by atoms with van der Waals surface area (Å²) in [6.07, 6.45) is 0. The van der Waals surface area contributed by atoms with E-state index in [0.29, 0.717) is 6.54 Å². The maximum Gasteiger partial charge on any atom is 0.120 e. The average Bonchev–Trinajstić information content (AvgIpc) is 2.42.